The Labute approximate surface area is 304 Å². The molecule has 1 amide bonds. The Morgan fingerprint density at radius 2 is 1.70 bits per heavy atom. The van der Waals surface area contributed by atoms with Gasteiger partial charge in [-0.3, -0.25) is 18.4 Å². The number of aromatic amines is 1. The Hall–Kier alpha value is -5.93. The van der Waals surface area contributed by atoms with Gasteiger partial charge in [0.05, 0.1) is 34.2 Å². The fourth-order valence-corrected chi connectivity index (χ4v) is 7.37. The third-order valence-electron chi connectivity index (χ3n) is 8.95. The molecule has 53 heavy (non-hydrogen) atoms. The van der Waals surface area contributed by atoms with Crippen LogP contribution in [-0.2, 0) is 35.6 Å². The minimum atomic E-state index is -2.82. The number of benzene rings is 4. The first-order valence-corrected chi connectivity index (χ1v) is 17.7. The topological polar surface area (TPSA) is 170 Å². The zero-order valence-corrected chi connectivity index (χ0v) is 29.8. The van der Waals surface area contributed by atoms with Crippen molar-refractivity contribution in [1.82, 2.24) is 19.9 Å². The van der Waals surface area contributed by atoms with Gasteiger partial charge in [0.15, 0.2) is 11.9 Å². The molecule has 4 aromatic carbocycles. The summed E-state index contributed by atoms with van der Waals surface area (Å²) in [5, 5.41) is 15.0. The van der Waals surface area contributed by atoms with E-state index in [1.54, 1.807) is 38.1 Å². The number of nitrogens with zero attached hydrogens (tertiary/aromatic N) is 3. The van der Waals surface area contributed by atoms with Crippen molar-refractivity contribution in [2.75, 3.05) is 16.2 Å². The zero-order chi connectivity index (χ0) is 38.0. The van der Waals surface area contributed by atoms with Crippen molar-refractivity contribution in [1.29, 1.82) is 0 Å². The molecule has 0 aliphatic heterocycles. The lowest BCUT2D eigenvalue weighted by Crippen LogP contribution is -2.50. The molecule has 5 N–H and O–H groups in total. The molecule has 0 bridgehead atoms. The van der Waals surface area contributed by atoms with E-state index in [-0.39, 0.29) is 35.8 Å². The number of nitrogens with one attached hydrogen (secondary N) is 3. The van der Waals surface area contributed by atoms with Crippen LogP contribution in [0.3, 0.4) is 0 Å². The first kappa shape index (κ1) is 36.8. The fraction of sp³-hybridized carbons (Fsp3) is 0.211. The van der Waals surface area contributed by atoms with Gasteiger partial charge in [-0.25, -0.2) is 22.8 Å². The number of carboxylic acids is 1. The monoisotopic (exact) mass is 742 g/mol. The van der Waals surface area contributed by atoms with E-state index >= 15 is 8.78 Å². The number of carbonyl (C=O) groups is 2. The number of aliphatic carboxylic acids is 1. The van der Waals surface area contributed by atoms with E-state index in [4.69, 9.17) is 0 Å². The molecule has 15 heteroatoms. The Kier molecular flexibility index (Phi) is 10.7. The lowest BCUT2D eigenvalue weighted by Gasteiger charge is -2.30. The van der Waals surface area contributed by atoms with Gasteiger partial charge in [-0.05, 0) is 62.1 Å². The highest BCUT2D eigenvalue weighted by Crippen LogP contribution is 2.30. The van der Waals surface area contributed by atoms with Crippen LogP contribution in [0.5, 0.6) is 0 Å². The molecule has 0 radical (unpaired) electrons. The highest BCUT2D eigenvalue weighted by Gasteiger charge is 2.33. The second kappa shape index (κ2) is 15.4. The molecule has 2 atom stereocenters. The molecule has 0 saturated heterocycles. The normalized spacial score (nSPS) is 12.5. The maximum atomic E-state index is 16.4. The van der Waals surface area contributed by atoms with Crippen molar-refractivity contribution in [3.05, 3.63) is 134 Å². The molecule has 2 aromatic heterocycles. The predicted molar refractivity (Wildman–Crippen MR) is 199 cm³/mol. The number of H-pyrrole nitrogens is 1. The minimum absolute atomic E-state index is 0.0844. The standard InChI is InChI=1S/C38H36F2N6O6S/c1-21-15-22(2)33(23(3)16-21)46(53(51)52)31(37(49)50)19-41-36(48)27-20-45(14-13-24-9-5-4-6-10-24)34-25(35(27)47)17-28(39)26(32(34)40)18-42-38-43-29-11-7-8-12-30(29)44-38/h4-12,15-17,20,31H,13-14,18-19H2,1-3H3,(H,41,48)(H,49,50)(H,51,52)(H2,42,43,44). The highest BCUT2D eigenvalue weighted by molar-refractivity contribution is 7.80. The predicted octanol–water partition coefficient (Wildman–Crippen LogP) is 5.76. The van der Waals surface area contributed by atoms with E-state index in [1.165, 1.54) is 4.57 Å². The van der Waals surface area contributed by atoms with Crippen LogP contribution in [0.25, 0.3) is 21.9 Å². The summed E-state index contributed by atoms with van der Waals surface area (Å²) < 4.78 is 57.0. The van der Waals surface area contributed by atoms with E-state index in [2.05, 4.69) is 20.6 Å². The molecular weight excluding hydrogens is 707 g/mol. The summed E-state index contributed by atoms with van der Waals surface area (Å²) >= 11 is -2.82. The van der Waals surface area contributed by atoms with Crippen molar-refractivity contribution >= 4 is 56.7 Å². The lowest BCUT2D eigenvalue weighted by atomic mass is 10.0. The summed E-state index contributed by atoms with van der Waals surface area (Å²) in [4.78, 5) is 47.4. The average molecular weight is 743 g/mol. The number of carboxylic acid groups (broad SMARTS) is 1. The summed E-state index contributed by atoms with van der Waals surface area (Å²) in [6.07, 6.45) is 1.52. The molecule has 2 unspecified atom stereocenters. The molecule has 0 saturated carbocycles. The second-order valence-corrected chi connectivity index (χ2v) is 13.5. The summed E-state index contributed by atoms with van der Waals surface area (Å²) in [7, 11) is 0. The smallest absolute Gasteiger partial charge is 0.329 e. The van der Waals surface area contributed by atoms with E-state index < -0.39 is 63.7 Å². The van der Waals surface area contributed by atoms with E-state index in [9.17, 15) is 28.3 Å². The number of fused-ring (bicyclic) bond motifs is 2. The number of aromatic nitrogens is 3. The maximum absolute atomic E-state index is 16.4. The molecule has 274 valence electrons. The van der Waals surface area contributed by atoms with Crippen LogP contribution in [0.15, 0.2) is 83.8 Å². The average Bonchev–Trinajstić information content (AvgIpc) is 3.53. The number of anilines is 2. The number of rotatable bonds is 13. The number of halogens is 2. The number of para-hydroxylation sites is 2. The summed E-state index contributed by atoms with van der Waals surface area (Å²) in [6, 6.07) is 19.0. The molecule has 6 aromatic rings. The first-order valence-electron chi connectivity index (χ1n) is 16.6. The second-order valence-electron chi connectivity index (χ2n) is 12.7. The Balaban J connectivity index is 1.35. The van der Waals surface area contributed by atoms with E-state index in [0.29, 0.717) is 23.1 Å². The van der Waals surface area contributed by atoms with Gasteiger partial charge in [-0.2, -0.15) is 0 Å². The van der Waals surface area contributed by atoms with Gasteiger partial charge in [-0.1, -0.05) is 60.2 Å². The highest BCUT2D eigenvalue weighted by atomic mass is 32.2. The van der Waals surface area contributed by atoms with Crippen LogP contribution in [0.4, 0.5) is 20.4 Å². The summed E-state index contributed by atoms with van der Waals surface area (Å²) in [5.74, 6) is -4.29. The minimum Gasteiger partial charge on any atom is -0.480 e. The van der Waals surface area contributed by atoms with Crippen molar-refractivity contribution in [2.45, 2.75) is 46.3 Å². The molecular formula is C38H36F2N6O6S. The number of aryl methyl sites for hydroxylation is 5. The quantitative estimate of drug-likeness (QED) is 0.0931. The largest absolute Gasteiger partial charge is 0.480 e. The van der Waals surface area contributed by atoms with Crippen LogP contribution in [0.2, 0.25) is 0 Å². The van der Waals surface area contributed by atoms with Gasteiger partial charge in [0.25, 0.3) is 17.2 Å². The summed E-state index contributed by atoms with van der Waals surface area (Å²) in [6.45, 7) is 4.23. The van der Waals surface area contributed by atoms with Crippen LogP contribution in [0, 0.1) is 32.4 Å². The molecule has 0 fully saturated rings. The van der Waals surface area contributed by atoms with Gasteiger partial charge in [0.1, 0.15) is 11.4 Å². The van der Waals surface area contributed by atoms with Gasteiger partial charge in [-0.15, -0.1) is 0 Å². The number of amides is 1. The van der Waals surface area contributed by atoms with Crippen molar-refractivity contribution in [3.8, 4) is 0 Å². The number of carbonyl (C=O) groups excluding carboxylic acids is 1. The van der Waals surface area contributed by atoms with Gasteiger partial charge >= 0.3 is 5.97 Å². The Morgan fingerprint density at radius 1 is 1.02 bits per heavy atom. The zero-order valence-electron chi connectivity index (χ0n) is 28.9. The molecule has 6 rings (SSSR count). The Bertz CT molecular complexity index is 2400. The van der Waals surface area contributed by atoms with Crippen LogP contribution >= 0.6 is 0 Å². The molecule has 2 heterocycles. The van der Waals surface area contributed by atoms with Crippen molar-refractivity contribution in [3.63, 3.8) is 0 Å². The molecule has 0 spiro atoms. The maximum Gasteiger partial charge on any atom is 0.329 e. The van der Waals surface area contributed by atoms with Crippen molar-refractivity contribution in [2.24, 2.45) is 0 Å². The van der Waals surface area contributed by atoms with E-state index in [0.717, 1.165) is 33.2 Å². The van der Waals surface area contributed by atoms with Crippen LogP contribution in [-0.4, -0.2) is 52.9 Å². The third-order valence-corrected chi connectivity index (χ3v) is 9.72. The molecule has 12 nitrogen and oxygen atoms in total. The van der Waals surface area contributed by atoms with Crippen LogP contribution in [0.1, 0.15) is 38.2 Å². The number of imidazole rings is 1. The Morgan fingerprint density at radius 3 is 2.36 bits per heavy atom. The third kappa shape index (κ3) is 7.66. The van der Waals surface area contributed by atoms with Gasteiger partial charge in [0.2, 0.25) is 11.4 Å². The first-order chi connectivity index (χ1) is 25.3. The number of pyridine rings is 1. The molecule has 0 aliphatic rings. The van der Waals surface area contributed by atoms with Crippen molar-refractivity contribution < 1.29 is 32.2 Å². The summed E-state index contributed by atoms with van der Waals surface area (Å²) in [5.41, 5.74) is 2.32. The fourth-order valence-electron chi connectivity index (χ4n) is 6.55. The molecule has 0 aliphatic carbocycles. The number of hydrogen-bond donors (Lipinski definition) is 5. The number of hydrogen-bond acceptors (Lipinski definition) is 6. The van der Waals surface area contributed by atoms with Crippen LogP contribution < -0.4 is 20.4 Å². The van der Waals surface area contributed by atoms with E-state index in [1.807, 2.05) is 49.4 Å². The SMILES string of the molecule is Cc1cc(C)c(N(C(CNC(=O)c2cn(CCc3ccccc3)c3c(F)c(CNc4nc5ccccc5[nH]4)c(F)cc3c2=O)C(=O)O)S(=O)O)c(C)c1. The van der Waals surface area contributed by atoms with Gasteiger partial charge < -0.3 is 25.3 Å². The van der Waals surface area contributed by atoms with Gasteiger partial charge in [0, 0.05) is 24.8 Å². The lowest BCUT2D eigenvalue weighted by molar-refractivity contribution is -0.138.